The minimum Gasteiger partial charge on any atom is -0.395 e. The van der Waals surface area contributed by atoms with Crippen LogP contribution in [-0.4, -0.2) is 74.6 Å². The highest BCUT2D eigenvalue weighted by atomic mass is 32.2. The van der Waals surface area contributed by atoms with E-state index in [0.717, 1.165) is 5.56 Å². The number of rotatable bonds is 11. The molecular formula is C24H33FN2O5S. The number of methoxy groups -OCH3 is 1. The second-order valence-corrected chi connectivity index (χ2v) is 10.2. The van der Waals surface area contributed by atoms with Crippen LogP contribution in [0.2, 0.25) is 0 Å². The number of halogens is 1. The molecule has 182 valence electrons. The zero-order valence-corrected chi connectivity index (χ0v) is 20.5. The van der Waals surface area contributed by atoms with Crippen molar-refractivity contribution in [2.45, 2.75) is 37.8 Å². The molecule has 2 aromatic carbocycles. The van der Waals surface area contributed by atoms with Gasteiger partial charge in [-0.15, -0.1) is 0 Å². The Bertz CT molecular complexity index is 1030. The molecule has 0 saturated heterocycles. The molecule has 2 rings (SSSR count). The summed E-state index contributed by atoms with van der Waals surface area (Å²) in [4.78, 5) is 14.2. The van der Waals surface area contributed by atoms with Gasteiger partial charge < -0.3 is 14.7 Å². The summed E-state index contributed by atoms with van der Waals surface area (Å²) >= 11 is 0. The lowest BCUT2D eigenvalue weighted by molar-refractivity contribution is 0.0220. The zero-order chi connectivity index (χ0) is 24.8. The van der Waals surface area contributed by atoms with Gasteiger partial charge in [-0.2, -0.15) is 4.31 Å². The van der Waals surface area contributed by atoms with Gasteiger partial charge >= 0.3 is 0 Å². The number of aryl methyl sites for hydroxylation is 1. The minimum absolute atomic E-state index is 0.0417. The molecule has 0 heterocycles. The molecule has 9 heteroatoms. The van der Waals surface area contributed by atoms with Gasteiger partial charge in [0.1, 0.15) is 5.82 Å². The molecule has 0 spiro atoms. The molecule has 3 atom stereocenters. The molecule has 0 unspecified atom stereocenters. The Hall–Kier alpha value is -2.33. The summed E-state index contributed by atoms with van der Waals surface area (Å²) in [6.07, 6.45) is -0.521. The van der Waals surface area contributed by atoms with E-state index in [-0.39, 0.29) is 36.1 Å². The monoisotopic (exact) mass is 480 g/mol. The van der Waals surface area contributed by atoms with E-state index < -0.39 is 33.9 Å². The average molecular weight is 481 g/mol. The van der Waals surface area contributed by atoms with Crippen molar-refractivity contribution >= 4 is 15.9 Å². The fourth-order valence-electron chi connectivity index (χ4n) is 3.53. The third-order valence-electron chi connectivity index (χ3n) is 5.69. The third kappa shape index (κ3) is 6.60. The standard InChI is InChI=1S/C24H33FN2O5S/c1-17-10-12-20(13-11-17)33(30,31)27(19(3)16-28)14-18(2)23(32-5)15-26(4)24(29)21-8-6-7-9-22(21)25/h6-13,18-19,23,28H,14-16H2,1-5H3/t18-,19+,23-/m1/s1. The summed E-state index contributed by atoms with van der Waals surface area (Å²) in [6.45, 7) is 5.18. The molecule has 0 aliphatic heterocycles. The average Bonchev–Trinajstić information content (AvgIpc) is 2.80. The van der Waals surface area contributed by atoms with Crippen molar-refractivity contribution in [3.63, 3.8) is 0 Å². The Kier molecular flexibility index (Phi) is 9.54. The topological polar surface area (TPSA) is 87.2 Å². The maximum absolute atomic E-state index is 14.0. The van der Waals surface area contributed by atoms with E-state index in [1.807, 2.05) is 13.8 Å². The van der Waals surface area contributed by atoms with Crippen LogP contribution >= 0.6 is 0 Å². The van der Waals surface area contributed by atoms with Crippen LogP contribution in [0.1, 0.15) is 29.8 Å². The van der Waals surface area contributed by atoms with Gasteiger partial charge in [0.15, 0.2) is 0 Å². The van der Waals surface area contributed by atoms with Crippen molar-refractivity contribution in [2.75, 3.05) is 33.9 Å². The Morgan fingerprint density at radius 3 is 2.24 bits per heavy atom. The summed E-state index contributed by atoms with van der Waals surface area (Å²) in [7, 11) is -0.842. The molecule has 0 bridgehead atoms. The number of sulfonamides is 1. The van der Waals surface area contributed by atoms with Crippen molar-refractivity contribution in [3.05, 3.63) is 65.5 Å². The lowest BCUT2D eigenvalue weighted by Gasteiger charge is -2.33. The normalized spacial score (nSPS) is 14.7. The number of hydrogen-bond donors (Lipinski definition) is 1. The number of benzene rings is 2. The van der Waals surface area contributed by atoms with Crippen LogP contribution in [-0.2, 0) is 14.8 Å². The highest BCUT2D eigenvalue weighted by Gasteiger charge is 2.33. The highest BCUT2D eigenvalue weighted by molar-refractivity contribution is 7.89. The molecule has 2 aromatic rings. The van der Waals surface area contributed by atoms with Crippen molar-refractivity contribution in [2.24, 2.45) is 5.92 Å². The molecule has 7 nitrogen and oxygen atoms in total. The Labute approximate surface area is 195 Å². The van der Waals surface area contributed by atoms with Crippen LogP contribution in [0.25, 0.3) is 0 Å². The number of carbonyl (C=O) groups excluding carboxylic acids is 1. The first-order chi connectivity index (χ1) is 15.5. The van der Waals surface area contributed by atoms with E-state index >= 15 is 0 Å². The summed E-state index contributed by atoms with van der Waals surface area (Å²) in [6, 6.07) is 11.6. The lowest BCUT2D eigenvalue weighted by Crippen LogP contribution is -2.47. The molecule has 1 N–H and O–H groups in total. The summed E-state index contributed by atoms with van der Waals surface area (Å²) in [5, 5.41) is 9.71. The zero-order valence-electron chi connectivity index (χ0n) is 19.7. The van der Waals surface area contributed by atoms with Crippen molar-refractivity contribution in [1.82, 2.24) is 9.21 Å². The van der Waals surface area contributed by atoms with Crippen molar-refractivity contribution < 1.29 is 27.4 Å². The molecule has 0 aliphatic rings. The minimum atomic E-state index is -3.87. The van der Waals surface area contributed by atoms with Crippen LogP contribution in [0.4, 0.5) is 4.39 Å². The Morgan fingerprint density at radius 1 is 1.09 bits per heavy atom. The molecule has 0 fully saturated rings. The molecule has 0 aromatic heterocycles. The molecule has 0 radical (unpaired) electrons. The smallest absolute Gasteiger partial charge is 0.256 e. The summed E-state index contributed by atoms with van der Waals surface area (Å²) < 4.78 is 47.5. The first-order valence-corrected chi connectivity index (χ1v) is 12.2. The number of likely N-dealkylation sites (N-methyl/N-ethyl adjacent to an activating group) is 1. The third-order valence-corrected chi connectivity index (χ3v) is 7.69. The van der Waals surface area contributed by atoms with Gasteiger partial charge in [-0.25, -0.2) is 12.8 Å². The van der Waals surface area contributed by atoms with Gasteiger partial charge in [0.05, 0.1) is 23.2 Å². The SMILES string of the molecule is CO[C@H](CN(C)C(=O)c1ccccc1F)[C@H](C)CN([C@@H](C)CO)S(=O)(=O)c1ccc(C)cc1. The fourth-order valence-corrected chi connectivity index (χ4v) is 5.26. The maximum atomic E-state index is 14.0. The fraction of sp³-hybridized carbons (Fsp3) is 0.458. The van der Waals surface area contributed by atoms with E-state index in [2.05, 4.69) is 0 Å². The van der Waals surface area contributed by atoms with Crippen LogP contribution in [0.5, 0.6) is 0 Å². The number of ether oxygens (including phenoxy) is 1. The van der Waals surface area contributed by atoms with Crippen molar-refractivity contribution in [3.8, 4) is 0 Å². The van der Waals surface area contributed by atoms with Crippen LogP contribution in [0.3, 0.4) is 0 Å². The van der Waals surface area contributed by atoms with E-state index in [1.54, 1.807) is 44.3 Å². The number of carbonyl (C=O) groups is 1. The van der Waals surface area contributed by atoms with E-state index in [4.69, 9.17) is 4.74 Å². The molecule has 33 heavy (non-hydrogen) atoms. The largest absolute Gasteiger partial charge is 0.395 e. The Morgan fingerprint density at radius 2 is 1.70 bits per heavy atom. The van der Waals surface area contributed by atoms with Gasteiger partial charge in [0.25, 0.3) is 5.91 Å². The van der Waals surface area contributed by atoms with Gasteiger partial charge in [0, 0.05) is 33.3 Å². The van der Waals surface area contributed by atoms with Gasteiger partial charge in [-0.3, -0.25) is 4.79 Å². The predicted molar refractivity (Wildman–Crippen MR) is 125 cm³/mol. The van der Waals surface area contributed by atoms with Crippen LogP contribution < -0.4 is 0 Å². The maximum Gasteiger partial charge on any atom is 0.256 e. The predicted octanol–water partition coefficient (Wildman–Crippen LogP) is 2.93. The number of aliphatic hydroxyl groups is 1. The van der Waals surface area contributed by atoms with E-state index in [9.17, 15) is 22.7 Å². The highest BCUT2D eigenvalue weighted by Crippen LogP contribution is 2.22. The molecule has 0 aliphatic carbocycles. The van der Waals surface area contributed by atoms with Gasteiger partial charge in [0.2, 0.25) is 10.0 Å². The lowest BCUT2D eigenvalue weighted by atomic mass is 10.0. The first kappa shape index (κ1) is 26.9. The molecule has 0 saturated carbocycles. The summed E-state index contributed by atoms with van der Waals surface area (Å²) in [5.74, 6) is -1.43. The number of aliphatic hydroxyl groups excluding tert-OH is 1. The van der Waals surface area contributed by atoms with Gasteiger partial charge in [-0.05, 0) is 44.0 Å². The summed E-state index contributed by atoms with van der Waals surface area (Å²) in [5.41, 5.74) is 0.895. The second-order valence-electron chi connectivity index (χ2n) is 8.34. The Balaban J connectivity index is 2.21. The van der Waals surface area contributed by atoms with E-state index in [0.29, 0.717) is 0 Å². The van der Waals surface area contributed by atoms with Gasteiger partial charge in [-0.1, -0.05) is 36.8 Å². The first-order valence-electron chi connectivity index (χ1n) is 10.7. The quantitative estimate of drug-likeness (QED) is 0.534. The number of hydrogen-bond acceptors (Lipinski definition) is 5. The number of nitrogens with zero attached hydrogens (tertiary/aromatic N) is 2. The van der Waals surface area contributed by atoms with E-state index in [1.165, 1.54) is 34.5 Å². The molecule has 1 amide bonds. The van der Waals surface area contributed by atoms with Crippen LogP contribution in [0.15, 0.2) is 53.4 Å². The second kappa shape index (κ2) is 11.7. The van der Waals surface area contributed by atoms with Crippen LogP contribution in [0, 0.1) is 18.7 Å². The number of amides is 1. The molecular weight excluding hydrogens is 447 g/mol. The van der Waals surface area contributed by atoms with Crippen molar-refractivity contribution in [1.29, 1.82) is 0 Å².